The molecule has 0 heterocycles. The van der Waals surface area contributed by atoms with Gasteiger partial charge in [-0.1, -0.05) is 12.1 Å². The highest BCUT2D eigenvalue weighted by atomic mass is 16.5. The van der Waals surface area contributed by atoms with Crippen molar-refractivity contribution < 1.29 is 14.6 Å². The van der Waals surface area contributed by atoms with Crippen LogP contribution in [0.5, 0.6) is 11.5 Å². The van der Waals surface area contributed by atoms with Crippen molar-refractivity contribution in [2.75, 3.05) is 26.4 Å². The Bertz CT molecular complexity index is 414. The van der Waals surface area contributed by atoms with Crippen molar-refractivity contribution in [3.05, 3.63) is 24.3 Å². The first-order valence-corrected chi connectivity index (χ1v) is 7.41. The van der Waals surface area contributed by atoms with E-state index in [-0.39, 0.29) is 12.0 Å². The average Bonchev–Trinajstić information content (AvgIpc) is 3.31. The largest absolute Gasteiger partial charge is 0.490 e. The summed E-state index contributed by atoms with van der Waals surface area (Å²) in [5, 5.41) is 9.66. The zero-order chi connectivity index (χ0) is 14.4. The fourth-order valence-electron chi connectivity index (χ4n) is 2.65. The second-order valence-corrected chi connectivity index (χ2v) is 5.48. The quantitative estimate of drug-likeness (QED) is 0.727. The minimum Gasteiger partial charge on any atom is -0.490 e. The third kappa shape index (κ3) is 3.44. The van der Waals surface area contributed by atoms with Crippen LogP contribution in [0.1, 0.15) is 26.2 Å². The van der Waals surface area contributed by atoms with E-state index in [9.17, 15) is 5.11 Å². The SMILES string of the molecule is CCOc1ccccc1OCCC(CN)(CO)C1CC1. The molecule has 20 heavy (non-hydrogen) atoms. The molecule has 1 saturated carbocycles. The van der Waals surface area contributed by atoms with Crippen molar-refractivity contribution >= 4 is 0 Å². The van der Waals surface area contributed by atoms with E-state index >= 15 is 0 Å². The number of hydrogen-bond acceptors (Lipinski definition) is 4. The molecule has 0 aromatic heterocycles. The van der Waals surface area contributed by atoms with Crippen LogP contribution in [0.3, 0.4) is 0 Å². The van der Waals surface area contributed by atoms with Gasteiger partial charge in [-0.2, -0.15) is 0 Å². The topological polar surface area (TPSA) is 64.7 Å². The monoisotopic (exact) mass is 279 g/mol. The highest BCUT2D eigenvalue weighted by molar-refractivity contribution is 5.39. The number of ether oxygens (including phenoxy) is 2. The lowest BCUT2D eigenvalue weighted by atomic mass is 9.80. The minimum atomic E-state index is -0.166. The van der Waals surface area contributed by atoms with Crippen LogP contribution in [0, 0.1) is 11.3 Å². The zero-order valence-electron chi connectivity index (χ0n) is 12.2. The van der Waals surface area contributed by atoms with E-state index < -0.39 is 0 Å². The average molecular weight is 279 g/mol. The van der Waals surface area contributed by atoms with Gasteiger partial charge in [0.2, 0.25) is 0 Å². The molecule has 0 aliphatic heterocycles. The van der Waals surface area contributed by atoms with E-state index in [1.54, 1.807) is 0 Å². The smallest absolute Gasteiger partial charge is 0.161 e. The second kappa shape index (κ2) is 6.95. The standard InChI is InChI=1S/C16H25NO3/c1-2-19-14-5-3-4-6-15(14)20-10-9-16(11-17,12-18)13-7-8-13/h3-6,13,18H,2,7-12,17H2,1H3. The number of rotatable bonds is 9. The van der Waals surface area contributed by atoms with E-state index in [1.165, 1.54) is 12.8 Å². The van der Waals surface area contributed by atoms with Crippen LogP contribution >= 0.6 is 0 Å². The van der Waals surface area contributed by atoms with Crippen LogP contribution < -0.4 is 15.2 Å². The third-order valence-electron chi connectivity index (χ3n) is 4.17. The Morgan fingerprint density at radius 3 is 2.40 bits per heavy atom. The molecule has 0 radical (unpaired) electrons. The van der Waals surface area contributed by atoms with Crippen LogP contribution in [0.15, 0.2) is 24.3 Å². The summed E-state index contributed by atoms with van der Waals surface area (Å²) in [6.45, 7) is 3.79. The van der Waals surface area contributed by atoms with Crippen LogP contribution in [0.2, 0.25) is 0 Å². The van der Waals surface area contributed by atoms with E-state index in [4.69, 9.17) is 15.2 Å². The Hall–Kier alpha value is -1.26. The Labute approximate surface area is 120 Å². The van der Waals surface area contributed by atoms with Crippen molar-refractivity contribution in [3.63, 3.8) is 0 Å². The lowest BCUT2D eigenvalue weighted by molar-refractivity contribution is 0.0809. The van der Waals surface area contributed by atoms with Gasteiger partial charge in [-0.15, -0.1) is 0 Å². The number of benzene rings is 1. The second-order valence-electron chi connectivity index (χ2n) is 5.48. The van der Waals surface area contributed by atoms with Crippen LogP contribution in [-0.2, 0) is 0 Å². The molecule has 1 aliphatic rings. The Balaban J connectivity index is 1.91. The van der Waals surface area contributed by atoms with Crippen molar-refractivity contribution in [1.29, 1.82) is 0 Å². The van der Waals surface area contributed by atoms with E-state index in [0.29, 0.717) is 25.7 Å². The maximum atomic E-state index is 9.66. The van der Waals surface area contributed by atoms with Crippen molar-refractivity contribution in [2.45, 2.75) is 26.2 Å². The molecule has 1 aliphatic carbocycles. The summed E-state index contributed by atoms with van der Waals surface area (Å²) >= 11 is 0. The molecule has 2 rings (SSSR count). The Kier molecular flexibility index (Phi) is 5.26. The first-order chi connectivity index (χ1) is 9.75. The summed E-state index contributed by atoms with van der Waals surface area (Å²) in [7, 11) is 0. The number of aliphatic hydroxyl groups is 1. The molecular weight excluding hydrogens is 254 g/mol. The third-order valence-corrected chi connectivity index (χ3v) is 4.17. The summed E-state index contributed by atoms with van der Waals surface area (Å²) in [6.07, 6.45) is 3.13. The fraction of sp³-hybridized carbons (Fsp3) is 0.625. The van der Waals surface area contributed by atoms with Crippen molar-refractivity contribution in [3.8, 4) is 11.5 Å². The molecule has 1 atom stereocenters. The van der Waals surface area contributed by atoms with Crippen LogP contribution in [0.25, 0.3) is 0 Å². The lowest BCUT2D eigenvalue weighted by Crippen LogP contribution is -2.38. The first kappa shape index (κ1) is 15.1. The van der Waals surface area contributed by atoms with Crippen LogP contribution in [0.4, 0.5) is 0 Å². The fourth-order valence-corrected chi connectivity index (χ4v) is 2.65. The molecule has 0 bridgehead atoms. The van der Waals surface area contributed by atoms with Gasteiger partial charge in [-0.25, -0.2) is 0 Å². The lowest BCUT2D eigenvalue weighted by Gasteiger charge is -2.30. The molecule has 4 nitrogen and oxygen atoms in total. The predicted octanol–water partition coefficient (Wildman–Crippen LogP) is 2.20. The summed E-state index contributed by atoms with van der Waals surface area (Å²) in [4.78, 5) is 0. The Morgan fingerprint density at radius 1 is 1.25 bits per heavy atom. The van der Waals surface area contributed by atoms with E-state index in [2.05, 4.69) is 0 Å². The molecule has 112 valence electrons. The highest BCUT2D eigenvalue weighted by Crippen LogP contribution is 2.47. The molecule has 0 spiro atoms. The Morgan fingerprint density at radius 2 is 1.90 bits per heavy atom. The number of nitrogens with two attached hydrogens (primary N) is 1. The van der Waals surface area contributed by atoms with Gasteiger partial charge in [0.15, 0.2) is 11.5 Å². The number of para-hydroxylation sites is 2. The molecule has 1 aromatic rings. The normalized spacial score (nSPS) is 17.6. The molecule has 1 fully saturated rings. The molecule has 1 unspecified atom stereocenters. The number of hydrogen-bond donors (Lipinski definition) is 2. The summed E-state index contributed by atoms with van der Waals surface area (Å²) in [5.41, 5.74) is 5.71. The highest BCUT2D eigenvalue weighted by Gasteiger charge is 2.43. The van der Waals surface area contributed by atoms with E-state index in [1.807, 2.05) is 31.2 Å². The molecule has 3 N–H and O–H groups in total. The molecule has 0 saturated heterocycles. The first-order valence-electron chi connectivity index (χ1n) is 7.41. The van der Waals surface area contributed by atoms with Gasteiger partial charge in [-0.3, -0.25) is 0 Å². The van der Waals surface area contributed by atoms with Gasteiger partial charge < -0.3 is 20.3 Å². The van der Waals surface area contributed by atoms with Gasteiger partial charge in [0.25, 0.3) is 0 Å². The van der Waals surface area contributed by atoms with Crippen molar-refractivity contribution in [1.82, 2.24) is 0 Å². The number of aliphatic hydroxyl groups excluding tert-OH is 1. The summed E-state index contributed by atoms with van der Waals surface area (Å²) in [5.74, 6) is 2.08. The molecular formula is C16H25NO3. The summed E-state index contributed by atoms with van der Waals surface area (Å²) < 4.78 is 11.4. The van der Waals surface area contributed by atoms with Gasteiger partial charge in [0.05, 0.1) is 19.8 Å². The zero-order valence-corrected chi connectivity index (χ0v) is 12.2. The van der Waals surface area contributed by atoms with Crippen molar-refractivity contribution in [2.24, 2.45) is 17.1 Å². The van der Waals surface area contributed by atoms with Crippen LogP contribution in [-0.4, -0.2) is 31.5 Å². The van der Waals surface area contributed by atoms with Gasteiger partial charge >= 0.3 is 0 Å². The molecule has 0 amide bonds. The maximum absolute atomic E-state index is 9.66. The van der Waals surface area contributed by atoms with Gasteiger partial charge in [0, 0.05) is 12.0 Å². The maximum Gasteiger partial charge on any atom is 0.161 e. The molecule has 1 aromatic carbocycles. The minimum absolute atomic E-state index is 0.143. The van der Waals surface area contributed by atoms with Gasteiger partial charge in [-0.05, 0) is 44.2 Å². The predicted molar refractivity (Wildman–Crippen MR) is 79.0 cm³/mol. The molecule has 4 heteroatoms. The van der Waals surface area contributed by atoms with E-state index in [0.717, 1.165) is 17.9 Å². The summed E-state index contributed by atoms with van der Waals surface area (Å²) in [6, 6.07) is 7.67. The van der Waals surface area contributed by atoms with Gasteiger partial charge in [0.1, 0.15) is 0 Å².